The van der Waals surface area contributed by atoms with E-state index < -0.39 is 6.04 Å². The van der Waals surface area contributed by atoms with Gasteiger partial charge < -0.3 is 14.7 Å². The number of piperazine rings is 1. The molecule has 0 aliphatic carbocycles. The molecule has 1 aliphatic rings. The van der Waals surface area contributed by atoms with Crippen molar-refractivity contribution in [1.82, 2.24) is 24.5 Å². The highest BCUT2D eigenvalue weighted by Crippen LogP contribution is 2.25. The Bertz CT molecular complexity index is 762. The van der Waals surface area contributed by atoms with Crippen molar-refractivity contribution in [2.24, 2.45) is 0 Å². The van der Waals surface area contributed by atoms with Gasteiger partial charge in [-0.05, 0) is 25.6 Å². The first-order valence-corrected chi connectivity index (χ1v) is 9.24. The van der Waals surface area contributed by atoms with E-state index in [2.05, 4.69) is 29.2 Å². The molecule has 2 heterocycles. The SMILES string of the molecule is CC(C(=O)N(C)CC(=O)N1CCN(C)CC1c1ccccc1)n1cccn1. The van der Waals surface area contributed by atoms with Crippen molar-refractivity contribution in [2.45, 2.75) is 19.0 Å². The van der Waals surface area contributed by atoms with Crippen LogP contribution >= 0.6 is 0 Å². The van der Waals surface area contributed by atoms with Gasteiger partial charge in [0, 0.05) is 39.1 Å². The minimum atomic E-state index is -0.435. The second-order valence-electron chi connectivity index (χ2n) is 7.13. The zero-order valence-electron chi connectivity index (χ0n) is 16.2. The molecule has 27 heavy (non-hydrogen) atoms. The van der Waals surface area contributed by atoms with Crippen LogP contribution in [-0.2, 0) is 9.59 Å². The van der Waals surface area contributed by atoms with Crippen molar-refractivity contribution in [3.05, 3.63) is 54.4 Å². The monoisotopic (exact) mass is 369 g/mol. The number of benzene rings is 1. The summed E-state index contributed by atoms with van der Waals surface area (Å²) in [5, 5.41) is 4.12. The smallest absolute Gasteiger partial charge is 0.247 e. The van der Waals surface area contributed by atoms with Crippen LogP contribution in [0.4, 0.5) is 0 Å². The third-order valence-electron chi connectivity index (χ3n) is 5.12. The van der Waals surface area contributed by atoms with E-state index in [0.717, 1.165) is 18.7 Å². The van der Waals surface area contributed by atoms with Crippen LogP contribution in [0.3, 0.4) is 0 Å². The normalized spacial score (nSPS) is 18.9. The lowest BCUT2D eigenvalue weighted by Crippen LogP contribution is -2.52. The largest absolute Gasteiger partial charge is 0.335 e. The lowest BCUT2D eigenvalue weighted by atomic mass is 10.0. The summed E-state index contributed by atoms with van der Waals surface area (Å²) in [6, 6.07) is 11.4. The van der Waals surface area contributed by atoms with Gasteiger partial charge in [0.1, 0.15) is 6.04 Å². The summed E-state index contributed by atoms with van der Waals surface area (Å²) in [6.07, 6.45) is 3.40. The van der Waals surface area contributed by atoms with E-state index in [0.29, 0.717) is 6.54 Å². The molecule has 7 heteroatoms. The number of hydrogen-bond donors (Lipinski definition) is 0. The molecule has 2 amide bonds. The molecule has 2 atom stereocenters. The third kappa shape index (κ3) is 4.36. The Kier molecular flexibility index (Phi) is 5.91. The average molecular weight is 369 g/mol. The first kappa shape index (κ1) is 19.1. The highest BCUT2D eigenvalue weighted by Gasteiger charge is 2.31. The van der Waals surface area contributed by atoms with Crippen LogP contribution in [0.25, 0.3) is 0 Å². The lowest BCUT2D eigenvalue weighted by Gasteiger charge is -2.41. The van der Waals surface area contributed by atoms with Crippen LogP contribution < -0.4 is 0 Å². The highest BCUT2D eigenvalue weighted by molar-refractivity contribution is 5.86. The molecule has 144 valence electrons. The summed E-state index contributed by atoms with van der Waals surface area (Å²) in [5.41, 5.74) is 1.12. The molecule has 0 radical (unpaired) electrons. The summed E-state index contributed by atoms with van der Waals surface area (Å²) in [5.74, 6) is -0.155. The molecule has 2 aromatic rings. The second kappa shape index (κ2) is 8.35. The van der Waals surface area contributed by atoms with Crippen molar-refractivity contribution in [1.29, 1.82) is 0 Å². The molecule has 0 saturated carbocycles. The summed E-state index contributed by atoms with van der Waals surface area (Å²) in [6.45, 7) is 4.13. The molecular formula is C20H27N5O2. The Labute approximate surface area is 160 Å². The van der Waals surface area contributed by atoms with Gasteiger partial charge in [0.05, 0.1) is 12.6 Å². The predicted octanol–water partition coefficient (Wildman–Crippen LogP) is 1.42. The fourth-order valence-electron chi connectivity index (χ4n) is 3.49. The van der Waals surface area contributed by atoms with Gasteiger partial charge in [0.15, 0.2) is 0 Å². The minimum absolute atomic E-state index is 0.00416. The molecule has 1 fully saturated rings. The molecule has 1 saturated heterocycles. The van der Waals surface area contributed by atoms with Crippen molar-refractivity contribution in [2.75, 3.05) is 40.3 Å². The van der Waals surface area contributed by atoms with Crippen molar-refractivity contribution < 1.29 is 9.59 Å². The van der Waals surface area contributed by atoms with Crippen molar-refractivity contribution in [3.63, 3.8) is 0 Å². The molecule has 0 spiro atoms. The number of hydrogen-bond acceptors (Lipinski definition) is 4. The quantitative estimate of drug-likeness (QED) is 0.800. The average Bonchev–Trinajstić information content (AvgIpc) is 3.22. The summed E-state index contributed by atoms with van der Waals surface area (Å²) in [4.78, 5) is 31.3. The summed E-state index contributed by atoms with van der Waals surface area (Å²) in [7, 11) is 3.74. The Balaban J connectivity index is 1.69. The second-order valence-corrected chi connectivity index (χ2v) is 7.13. The fraction of sp³-hybridized carbons (Fsp3) is 0.450. The van der Waals surface area contributed by atoms with Crippen LogP contribution in [0.2, 0.25) is 0 Å². The number of carbonyl (C=O) groups is 2. The number of likely N-dealkylation sites (N-methyl/N-ethyl adjacent to an activating group) is 2. The minimum Gasteiger partial charge on any atom is -0.335 e. The predicted molar refractivity (Wildman–Crippen MR) is 103 cm³/mol. The molecule has 1 aromatic heterocycles. The standard InChI is InChI=1S/C20H27N5O2/c1-16(25-11-7-10-21-25)20(27)23(3)15-19(26)24-13-12-22(2)14-18(24)17-8-5-4-6-9-17/h4-11,16,18H,12-15H2,1-3H3. The zero-order chi connectivity index (χ0) is 19.4. The fourth-order valence-corrected chi connectivity index (χ4v) is 3.49. The van der Waals surface area contributed by atoms with Gasteiger partial charge in [-0.1, -0.05) is 30.3 Å². The molecule has 0 bridgehead atoms. The lowest BCUT2D eigenvalue weighted by molar-refractivity contribution is -0.143. The summed E-state index contributed by atoms with van der Waals surface area (Å²) < 4.78 is 1.60. The van der Waals surface area contributed by atoms with Crippen LogP contribution in [0, 0.1) is 0 Å². The first-order valence-electron chi connectivity index (χ1n) is 9.24. The Morgan fingerprint density at radius 3 is 2.63 bits per heavy atom. The van der Waals surface area contributed by atoms with E-state index in [-0.39, 0.29) is 24.4 Å². The molecular weight excluding hydrogens is 342 g/mol. The Hall–Kier alpha value is -2.67. The van der Waals surface area contributed by atoms with Crippen LogP contribution in [0.15, 0.2) is 48.8 Å². The molecule has 0 N–H and O–H groups in total. The third-order valence-corrected chi connectivity index (χ3v) is 5.12. The van der Waals surface area contributed by atoms with Gasteiger partial charge in [-0.3, -0.25) is 14.3 Å². The van der Waals surface area contributed by atoms with Gasteiger partial charge in [0.2, 0.25) is 11.8 Å². The van der Waals surface area contributed by atoms with E-state index in [9.17, 15) is 9.59 Å². The van der Waals surface area contributed by atoms with Crippen molar-refractivity contribution >= 4 is 11.8 Å². The first-order chi connectivity index (χ1) is 13.0. The number of amides is 2. The molecule has 1 aliphatic heterocycles. The number of rotatable bonds is 5. The van der Waals surface area contributed by atoms with E-state index in [1.807, 2.05) is 23.1 Å². The van der Waals surface area contributed by atoms with Gasteiger partial charge in [-0.15, -0.1) is 0 Å². The van der Waals surface area contributed by atoms with E-state index in [1.165, 1.54) is 4.90 Å². The van der Waals surface area contributed by atoms with Crippen molar-refractivity contribution in [3.8, 4) is 0 Å². The molecule has 7 nitrogen and oxygen atoms in total. The van der Waals surface area contributed by atoms with Gasteiger partial charge >= 0.3 is 0 Å². The number of carbonyl (C=O) groups excluding carboxylic acids is 2. The van der Waals surface area contributed by atoms with E-state index >= 15 is 0 Å². The highest BCUT2D eigenvalue weighted by atomic mass is 16.2. The maximum atomic E-state index is 13.0. The zero-order valence-corrected chi connectivity index (χ0v) is 16.2. The number of aromatic nitrogens is 2. The maximum Gasteiger partial charge on any atom is 0.247 e. The van der Waals surface area contributed by atoms with Crippen LogP contribution in [0.5, 0.6) is 0 Å². The van der Waals surface area contributed by atoms with Gasteiger partial charge in [-0.2, -0.15) is 5.10 Å². The number of nitrogens with zero attached hydrogens (tertiary/aromatic N) is 5. The topological polar surface area (TPSA) is 61.7 Å². The molecule has 3 rings (SSSR count). The van der Waals surface area contributed by atoms with E-state index in [1.54, 1.807) is 37.1 Å². The maximum absolute atomic E-state index is 13.0. The van der Waals surface area contributed by atoms with Crippen LogP contribution in [0.1, 0.15) is 24.6 Å². The van der Waals surface area contributed by atoms with E-state index in [4.69, 9.17) is 0 Å². The van der Waals surface area contributed by atoms with Gasteiger partial charge in [0.25, 0.3) is 0 Å². The molecule has 2 unspecified atom stereocenters. The Morgan fingerprint density at radius 1 is 1.22 bits per heavy atom. The Morgan fingerprint density at radius 2 is 1.96 bits per heavy atom. The molecule has 1 aromatic carbocycles. The summed E-state index contributed by atoms with van der Waals surface area (Å²) >= 11 is 0. The van der Waals surface area contributed by atoms with Gasteiger partial charge in [-0.25, -0.2) is 0 Å². The van der Waals surface area contributed by atoms with Crippen LogP contribution in [-0.4, -0.2) is 76.6 Å².